The van der Waals surface area contributed by atoms with Gasteiger partial charge in [-0.2, -0.15) is 0 Å². The van der Waals surface area contributed by atoms with E-state index in [9.17, 15) is 5.11 Å². The van der Waals surface area contributed by atoms with E-state index >= 15 is 0 Å². The van der Waals surface area contributed by atoms with Gasteiger partial charge in [0.1, 0.15) is 11.5 Å². The molecular formula is C8H11NO2. The molecule has 1 aromatic carbocycles. The molecule has 0 atom stereocenters. The van der Waals surface area contributed by atoms with Crippen molar-refractivity contribution in [1.82, 2.24) is 0 Å². The molecule has 0 radical (unpaired) electrons. The van der Waals surface area contributed by atoms with Crippen molar-refractivity contribution in [2.45, 2.75) is 0 Å². The van der Waals surface area contributed by atoms with Crippen molar-refractivity contribution in [1.29, 1.82) is 0 Å². The van der Waals surface area contributed by atoms with Gasteiger partial charge in [0.15, 0.2) is 0 Å². The Morgan fingerprint density at radius 3 is 2.27 bits per heavy atom. The Morgan fingerprint density at radius 2 is 1.82 bits per heavy atom. The van der Waals surface area contributed by atoms with Crippen LogP contribution < -0.4 is 4.90 Å². The Kier molecular flexibility index (Phi) is 1.89. The van der Waals surface area contributed by atoms with E-state index in [2.05, 4.69) is 0 Å². The van der Waals surface area contributed by atoms with Crippen LogP contribution in [0.5, 0.6) is 11.5 Å². The van der Waals surface area contributed by atoms with Crippen LogP contribution in [0.3, 0.4) is 0 Å². The summed E-state index contributed by atoms with van der Waals surface area (Å²) in [7, 11) is 3.65. The highest BCUT2D eigenvalue weighted by atomic mass is 16.3. The van der Waals surface area contributed by atoms with Crippen molar-refractivity contribution in [3.8, 4) is 11.5 Å². The van der Waals surface area contributed by atoms with Crippen LogP contribution in [0.1, 0.15) is 0 Å². The molecule has 0 amide bonds. The van der Waals surface area contributed by atoms with Crippen LogP contribution in [-0.4, -0.2) is 24.3 Å². The summed E-state index contributed by atoms with van der Waals surface area (Å²) >= 11 is 0. The van der Waals surface area contributed by atoms with Gasteiger partial charge in [0, 0.05) is 20.2 Å². The van der Waals surface area contributed by atoms with Gasteiger partial charge < -0.3 is 15.1 Å². The average Bonchev–Trinajstić information content (AvgIpc) is 1.85. The zero-order valence-electron chi connectivity index (χ0n) is 6.57. The maximum Gasteiger partial charge on any atom is 0.142 e. The summed E-state index contributed by atoms with van der Waals surface area (Å²) in [6, 6.07) is 4.51. The molecule has 0 aliphatic heterocycles. The van der Waals surface area contributed by atoms with E-state index in [1.54, 1.807) is 11.0 Å². The molecule has 0 fully saturated rings. The van der Waals surface area contributed by atoms with Crippen LogP contribution >= 0.6 is 0 Å². The van der Waals surface area contributed by atoms with E-state index < -0.39 is 0 Å². The second kappa shape index (κ2) is 2.70. The van der Waals surface area contributed by atoms with Gasteiger partial charge in [0.25, 0.3) is 0 Å². The first-order chi connectivity index (χ1) is 5.11. The molecule has 1 aromatic rings. The third kappa shape index (κ3) is 1.55. The second-order valence-electron chi connectivity index (χ2n) is 2.57. The Balaban J connectivity index is 3.09. The Hall–Kier alpha value is -1.38. The molecule has 0 saturated heterocycles. The minimum atomic E-state index is 0.0769. The summed E-state index contributed by atoms with van der Waals surface area (Å²) in [6.07, 6.45) is 0. The van der Waals surface area contributed by atoms with Crippen molar-refractivity contribution in [2.75, 3.05) is 19.0 Å². The highest BCUT2D eigenvalue weighted by Crippen LogP contribution is 2.28. The summed E-state index contributed by atoms with van der Waals surface area (Å²) in [5.41, 5.74) is 0.697. The summed E-state index contributed by atoms with van der Waals surface area (Å²) in [4.78, 5) is 1.77. The maximum atomic E-state index is 9.26. The molecule has 0 spiro atoms. The largest absolute Gasteiger partial charge is 0.508 e. The van der Waals surface area contributed by atoms with Gasteiger partial charge in [-0.1, -0.05) is 0 Å². The molecule has 0 aliphatic rings. The van der Waals surface area contributed by atoms with Gasteiger partial charge in [0.2, 0.25) is 0 Å². The number of phenols is 2. The van der Waals surface area contributed by atoms with Gasteiger partial charge in [-0.25, -0.2) is 0 Å². The number of anilines is 1. The molecule has 11 heavy (non-hydrogen) atoms. The number of aromatic hydroxyl groups is 2. The molecule has 0 aliphatic carbocycles. The topological polar surface area (TPSA) is 43.7 Å². The van der Waals surface area contributed by atoms with E-state index in [0.717, 1.165) is 0 Å². The SMILES string of the molecule is CN(C)c1ccc(O)cc1O. The minimum Gasteiger partial charge on any atom is -0.508 e. The molecule has 0 bridgehead atoms. The van der Waals surface area contributed by atoms with Crippen LogP contribution in [0.4, 0.5) is 5.69 Å². The number of phenolic OH excluding ortho intramolecular Hbond substituents is 2. The fourth-order valence-corrected chi connectivity index (χ4v) is 0.890. The van der Waals surface area contributed by atoms with Crippen molar-refractivity contribution >= 4 is 5.69 Å². The van der Waals surface area contributed by atoms with E-state index in [1.165, 1.54) is 12.1 Å². The maximum absolute atomic E-state index is 9.26. The fourth-order valence-electron chi connectivity index (χ4n) is 0.890. The predicted molar refractivity (Wildman–Crippen MR) is 44.1 cm³/mol. The molecular weight excluding hydrogens is 142 g/mol. The lowest BCUT2D eigenvalue weighted by atomic mass is 10.2. The van der Waals surface area contributed by atoms with E-state index in [-0.39, 0.29) is 11.5 Å². The number of hydrogen-bond acceptors (Lipinski definition) is 3. The van der Waals surface area contributed by atoms with E-state index in [1.807, 2.05) is 14.1 Å². The second-order valence-corrected chi connectivity index (χ2v) is 2.57. The third-order valence-electron chi connectivity index (χ3n) is 1.44. The van der Waals surface area contributed by atoms with Crippen molar-refractivity contribution in [2.24, 2.45) is 0 Å². The predicted octanol–water partition coefficient (Wildman–Crippen LogP) is 1.16. The van der Waals surface area contributed by atoms with Crippen LogP contribution in [0.25, 0.3) is 0 Å². The Labute approximate surface area is 65.5 Å². The third-order valence-corrected chi connectivity index (χ3v) is 1.44. The van der Waals surface area contributed by atoms with Crippen molar-refractivity contribution in [3.05, 3.63) is 18.2 Å². The van der Waals surface area contributed by atoms with Crippen molar-refractivity contribution in [3.63, 3.8) is 0 Å². The lowest BCUT2D eigenvalue weighted by molar-refractivity contribution is 0.451. The van der Waals surface area contributed by atoms with Crippen LogP contribution in [0, 0.1) is 0 Å². The first kappa shape index (κ1) is 7.72. The van der Waals surface area contributed by atoms with Crippen LogP contribution in [0.15, 0.2) is 18.2 Å². The Bertz CT molecular complexity index is 258. The molecule has 3 nitrogen and oxygen atoms in total. The lowest BCUT2D eigenvalue weighted by Crippen LogP contribution is -2.08. The molecule has 0 saturated carbocycles. The fraction of sp³-hybridized carbons (Fsp3) is 0.250. The monoisotopic (exact) mass is 153 g/mol. The highest BCUT2D eigenvalue weighted by Gasteiger charge is 2.02. The zero-order valence-corrected chi connectivity index (χ0v) is 6.57. The van der Waals surface area contributed by atoms with Gasteiger partial charge >= 0.3 is 0 Å². The van der Waals surface area contributed by atoms with Gasteiger partial charge in [-0.05, 0) is 12.1 Å². The van der Waals surface area contributed by atoms with E-state index in [4.69, 9.17) is 5.11 Å². The minimum absolute atomic E-state index is 0.0769. The van der Waals surface area contributed by atoms with Crippen LogP contribution in [-0.2, 0) is 0 Å². The average molecular weight is 153 g/mol. The van der Waals surface area contributed by atoms with Gasteiger partial charge in [0.05, 0.1) is 5.69 Å². The number of rotatable bonds is 1. The molecule has 0 heterocycles. The Morgan fingerprint density at radius 1 is 1.18 bits per heavy atom. The van der Waals surface area contributed by atoms with Crippen LogP contribution in [0.2, 0.25) is 0 Å². The standard InChI is InChI=1S/C8H11NO2/c1-9(2)7-4-3-6(10)5-8(7)11/h3-5,10-11H,1-2H3. The number of nitrogens with zero attached hydrogens (tertiary/aromatic N) is 1. The molecule has 0 aromatic heterocycles. The van der Waals surface area contributed by atoms with Gasteiger partial charge in [-0.15, -0.1) is 0 Å². The molecule has 60 valence electrons. The first-order valence-electron chi connectivity index (χ1n) is 3.30. The number of hydrogen-bond donors (Lipinski definition) is 2. The molecule has 3 heteroatoms. The molecule has 2 N–H and O–H groups in total. The normalized spacial score (nSPS) is 9.64. The quantitative estimate of drug-likeness (QED) is 0.636. The zero-order chi connectivity index (χ0) is 8.43. The number of benzene rings is 1. The molecule has 1 rings (SSSR count). The molecule has 0 unspecified atom stereocenters. The lowest BCUT2D eigenvalue weighted by Gasteiger charge is -2.13. The van der Waals surface area contributed by atoms with E-state index in [0.29, 0.717) is 5.69 Å². The smallest absolute Gasteiger partial charge is 0.142 e. The first-order valence-corrected chi connectivity index (χ1v) is 3.30. The summed E-state index contributed by atoms with van der Waals surface area (Å²) in [5, 5.41) is 18.2. The van der Waals surface area contributed by atoms with Gasteiger partial charge in [-0.3, -0.25) is 0 Å². The summed E-state index contributed by atoms with van der Waals surface area (Å²) in [6.45, 7) is 0. The van der Waals surface area contributed by atoms with Crippen molar-refractivity contribution < 1.29 is 10.2 Å². The highest BCUT2D eigenvalue weighted by molar-refractivity contribution is 5.58. The summed E-state index contributed by atoms with van der Waals surface area (Å²) < 4.78 is 0. The summed E-state index contributed by atoms with van der Waals surface area (Å²) in [5.74, 6) is 0.170.